The number of aryl methyl sites for hydroxylation is 3. The third-order valence-electron chi connectivity index (χ3n) is 3.39. The van der Waals surface area contributed by atoms with Gasteiger partial charge in [-0.3, -0.25) is 4.99 Å². The second-order valence-electron chi connectivity index (χ2n) is 5.26. The number of hydrogen-bond acceptors (Lipinski definition) is 4. The predicted octanol–water partition coefficient (Wildman–Crippen LogP) is 3.68. The molecule has 1 aromatic carbocycles. The van der Waals surface area contributed by atoms with Crippen molar-refractivity contribution >= 4 is 41.7 Å². The standard InChI is InChI=1S/C17H24N4OS.HI/c1-12-5-7-15(8-6-12)23-10-9-19-17(18-4)20-11-16-21-13(2)14(3)22-16;/h5-8H,9-11H2,1-4H3,(H2,18,19,20);1H. The van der Waals surface area contributed by atoms with Crippen LogP contribution in [0.3, 0.4) is 0 Å². The van der Waals surface area contributed by atoms with E-state index in [9.17, 15) is 0 Å². The summed E-state index contributed by atoms with van der Waals surface area (Å²) in [6.07, 6.45) is 0. The van der Waals surface area contributed by atoms with Crippen LogP contribution in [0.25, 0.3) is 0 Å². The molecule has 0 radical (unpaired) electrons. The zero-order valence-corrected chi connectivity index (χ0v) is 17.7. The van der Waals surface area contributed by atoms with Crippen molar-refractivity contribution in [3.8, 4) is 0 Å². The summed E-state index contributed by atoms with van der Waals surface area (Å²) in [6.45, 7) is 7.32. The third kappa shape index (κ3) is 6.72. The number of aliphatic imine (C=N–C) groups is 1. The fraction of sp³-hybridized carbons (Fsp3) is 0.412. The first-order chi connectivity index (χ1) is 11.1. The molecule has 0 unspecified atom stereocenters. The van der Waals surface area contributed by atoms with E-state index in [0.717, 1.165) is 29.7 Å². The van der Waals surface area contributed by atoms with Crippen molar-refractivity contribution in [2.24, 2.45) is 4.99 Å². The summed E-state index contributed by atoms with van der Waals surface area (Å²) in [4.78, 5) is 9.83. The number of oxazole rings is 1. The van der Waals surface area contributed by atoms with E-state index < -0.39 is 0 Å². The predicted molar refractivity (Wildman–Crippen MR) is 111 cm³/mol. The van der Waals surface area contributed by atoms with Gasteiger partial charge >= 0.3 is 0 Å². The largest absolute Gasteiger partial charge is 0.444 e. The van der Waals surface area contributed by atoms with Crippen LogP contribution in [0.4, 0.5) is 0 Å². The summed E-state index contributed by atoms with van der Waals surface area (Å²) in [6, 6.07) is 8.58. The zero-order valence-electron chi connectivity index (χ0n) is 14.5. The first-order valence-corrected chi connectivity index (χ1v) is 8.64. The highest BCUT2D eigenvalue weighted by Gasteiger charge is 2.06. The molecule has 0 saturated heterocycles. The molecule has 0 bridgehead atoms. The van der Waals surface area contributed by atoms with Crippen LogP contribution in [-0.4, -0.2) is 30.3 Å². The molecule has 2 rings (SSSR count). The van der Waals surface area contributed by atoms with Crippen LogP contribution in [0.15, 0.2) is 38.6 Å². The number of benzene rings is 1. The van der Waals surface area contributed by atoms with E-state index in [1.165, 1.54) is 10.5 Å². The van der Waals surface area contributed by atoms with E-state index in [2.05, 4.69) is 51.8 Å². The molecule has 0 saturated carbocycles. The van der Waals surface area contributed by atoms with Gasteiger partial charge < -0.3 is 15.1 Å². The molecular formula is C17H25IN4OS. The van der Waals surface area contributed by atoms with Gasteiger partial charge in [-0.2, -0.15) is 0 Å². The molecule has 0 fully saturated rings. The summed E-state index contributed by atoms with van der Waals surface area (Å²) in [5.41, 5.74) is 2.22. The molecule has 0 spiro atoms. The number of halogens is 1. The molecule has 5 nitrogen and oxygen atoms in total. The van der Waals surface area contributed by atoms with Gasteiger partial charge in [-0.25, -0.2) is 4.98 Å². The minimum atomic E-state index is 0. The van der Waals surface area contributed by atoms with Crippen LogP contribution in [0.5, 0.6) is 0 Å². The van der Waals surface area contributed by atoms with Gasteiger partial charge in [-0.05, 0) is 32.9 Å². The summed E-state index contributed by atoms with van der Waals surface area (Å²) in [5.74, 6) is 3.26. The molecule has 1 heterocycles. The van der Waals surface area contributed by atoms with Crippen molar-refractivity contribution in [2.45, 2.75) is 32.2 Å². The number of rotatable bonds is 6. The summed E-state index contributed by atoms with van der Waals surface area (Å²) in [7, 11) is 1.76. The highest BCUT2D eigenvalue weighted by molar-refractivity contribution is 14.0. The smallest absolute Gasteiger partial charge is 0.214 e. The van der Waals surface area contributed by atoms with E-state index in [1.54, 1.807) is 7.05 Å². The first-order valence-electron chi connectivity index (χ1n) is 7.65. The average Bonchev–Trinajstić information content (AvgIpc) is 2.87. The molecule has 0 aliphatic carbocycles. The Morgan fingerprint density at radius 3 is 2.46 bits per heavy atom. The quantitative estimate of drug-likeness (QED) is 0.227. The lowest BCUT2D eigenvalue weighted by molar-refractivity contribution is 0.464. The highest BCUT2D eigenvalue weighted by atomic mass is 127. The van der Waals surface area contributed by atoms with Gasteiger partial charge in [0.15, 0.2) is 5.96 Å². The summed E-state index contributed by atoms with van der Waals surface area (Å²) in [5, 5.41) is 6.50. The SMILES string of the molecule is CN=C(NCCSc1ccc(C)cc1)NCc1nc(C)c(C)o1.I. The number of thioether (sulfide) groups is 1. The number of nitrogens with zero attached hydrogens (tertiary/aromatic N) is 2. The molecule has 0 amide bonds. The molecule has 0 atom stereocenters. The van der Waals surface area contributed by atoms with Crippen molar-refractivity contribution in [2.75, 3.05) is 19.3 Å². The second kappa shape index (κ2) is 10.6. The lowest BCUT2D eigenvalue weighted by atomic mass is 10.2. The summed E-state index contributed by atoms with van der Waals surface area (Å²) >= 11 is 1.83. The first kappa shape index (κ1) is 20.8. The van der Waals surface area contributed by atoms with Crippen molar-refractivity contribution in [3.63, 3.8) is 0 Å². The molecule has 0 aliphatic rings. The summed E-state index contributed by atoms with van der Waals surface area (Å²) < 4.78 is 5.54. The Bertz CT molecular complexity index is 636. The van der Waals surface area contributed by atoms with Crippen LogP contribution in [-0.2, 0) is 6.54 Å². The number of aromatic nitrogens is 1. The number of hydrogen-bond donors (Lipinski definition) is 2. The van der Waals surface area contributed by atoms with Crippen LogP contribution < -0.4 is 10.6 Å². The molecule has 2 aromatic rings. The van der Waals surface area contributed by atoms with E-state index in [-0.39, 0.29) is 24.0 Å². The van der Waals surface area contributed by atoms with E-state index in [1.807, 2.05) is 25.6 Å². The van der Waals surface area contributed by atoms with E-state index >= 15 is 0 Å². The van der Waals surface area contributed by atoms with Crippen molar-refractivity contribution in [1.29, 1.82) is 0 Å². The van der Waals surface area contributed by atoms with Crippen molar-refractivity contribution in [3.05, 3.63) is 47.2 Å². The Hall–Kier alpha value is -1.22. The van der Waals surface area contributed by atoms with Gasteiger partial charge in [-0.15, -0.1) is 35.7 Å². The van der Waals surface area contributed by atoms with Gasteiger partial charge in [0, 0.05) is 24.2 Å². The average molecular weight is 460 g/mol. The van der Waals surface area contributed by atoms with E-state index in [0.29, 0.717) is 12.4 Å². The Kier molecular flexibility index (Phi) is 9.20. The van der Waals surface area contributed by atoms with Crippen LogP contribution in [0.1, 0.15) is 22.9 Å². The molecule has 24 heavy (non-hydrogen) atoms. The van der Waals surface area contributed by atoms with Crippen LogP contribution in [0, 0.1) is 20.8 Å². The lowest BCUT2D eigenvalue weighted by Crippen LogP contribution is -2.38. The van der Waals surface area contributed by atoms with Crippen LogP contribution >= 0.6 is 35.7 Å². The minimum absolute atomic E-state index is 0. The van der Waals surface area contributed by atoms with Crippen LogP contribution in [0.2, 0.25) is 0 Å². The molecule has 0 aliphatic heterocycles. The maximum absolute atomic E-state index is 5.54. The van der Waals surface area contributed by atoms with Gasteiger partial charge in [0.1, 0.15) is 5.76 Å². The fourth-order valence-corrected chi connectivity index (χ4v) is 2.74. The van der Waals surface area contributed by atoms with Gasteiger partial charge in [0.05, 0.1) is 12.2 Å². The third-order valence-corrected chi connectivity index (χ3v) is 4.40. The minimum Gasteiger partial charge on any atom is -0.444 e. The maximum Gasteiger partial charge on any atom is 0.214 e. The Balaban J connectivity index is 0.00000288. The second-order valence-corrected chi connectivity index (χ2v) is 6.43. The monoisotopic (exact) mass is 460 g/mol. The van der Waals surface area contributed by atoms with E-state index in [4.69, 9.17) is 4.42 Å². The molecular weight excluding hydrogens is 435 g/mol. The topological polar surface area (TPSA) is 62.5 Å². The molecule has 1 aromatic heterocycles. The maximum atomic E-state index is 5.54. The Labute approximate surface area is 165 Å². The van der Waals surface area contributed by atoms with Crippen molar-refractivity contribution in [1.82, 2.24) is 15.6 Å². The number of guanidine groups is 1. The molecule has 2 N–H and O–H groups in total. The Morgan fingerprint density at radius 2 is 1.88 bits per heavy atom. The van der Waals surface area contributed by atoms with Gasteiger partial charge in [0.2, 0.25) is 5.89 Å². The Morgan fingerprint density at radius 1 is 1.17 bits per heavy atom. The molecule has 7 heteroatoms. The molecule has 132 valence electrons. The number of nitrogens with one attached hydrogen (secondary N) is 2. The normalized spacial score (nSPS) is 11.1. The van der Waals surface area contributed by atoms with Crippen molar-refractivity contribution < 1.29 is 4.42 Å². The zero-order chi connectivity index (χ0) is 16.7. The van der Waals surface area contributed by atoms with Gasteiger partial charge in [0.25, 0.3) is 0 Å². The fourth-order valence-electron chi connectivity index (χ4n) is 1.97. The van der Waals surface area contributed by atoms with Gasteiger partial charge in [-0.1, -0.05) is 17.7 Å². The highest BCUT2D eigenvalue weighted by Crippen LogP contribution is 2.17. The lowest BCUT2D eigenvalue weighted by Gasteiger charge is -2.10.